The zero-order chi connectivity index (χ0) is 36.7. The highest BCUT2D eigenvalue weighted by atomic mass is 16.6. The predicted molar refractivity (Wildman–Crippen MR) is 193 cm³/mol. The number of aryl methyl sites for hydroxylation is 2. The van der Waals surface area contributed by atoms with Gasteiger partial charge in [-0.1, -0.05) is 54.6 Å². The molecule has 0 aromatic heterocycles. The van der Waals surface area contributed by atoms with Crippen molar-refractivity contribution in [3.63, 3.8) is 0 Å². The maximum atomic E-state index is 14.9. The Labute approximate surface area is 300 Å². The van der Waals surface area contributed by atoms with Crippen LogP contribution in [0.25, 0.3) is 0 Å². The highest BCUT2D eigenvalue weighted by Crippen LogP contribution is 2.59. The van der Waals surface area contributed by atoms with Gasteiger partial charge in [-0.25, -0.2) is 0 Å². The number of carbonyl (C=O) groups is 4. The number of esters is 1. The van der Waals surface area contributed by atoms with Crippen LogP contribution in [0, 0.1) is 25.7 Å². The van der Waals surface area contributed by atoms with Crippen molar-refractivity contribution in [1.82, 2.24) is 10.2 Å². The summed E-state index contributed by atoms with van der Waals surface area (Å²) in [6.07, 6.45) is 4.27. The summed E-state index contributed by atoms with van der Waals surface area (Å²) >= 11 is 0. The number of ether oxygens (including phenoxy) is 3. The molecular weight excluding hydrogens is 650 g/mol. The van der Waals surface area contributed by atoms with Crippen LogP contribution in [0.5, 0.6) is 0 Å². The highest BCUT2D eigenvalue weighted by molar-refractivity contribution is 6.05. The molecule has 0 aliphatic carbocycles. The number of likely N-dealkylation sites (tertiary alicyclic amines) is 1. The molecule has 3 amide bonds. The molecule has 3 heterocycles. The number of aliphatic hydroxyl groups is 1. The SMILES string of the molecule is C=CCCC(=O)N[C@@H](COC)[C@@H](OC(=O)[C@@H]1[C@@H]2CC[C@]3(O2)[C@H](C(=O)N(CC=C)c2cc(C)ccc2C)N(CCCCO)C(=O)[C@@H]13)c1ccccc1. The van der Waals surface area contributed by atoms with Crippen molar-refractivity contribution >= 4 is 29.4 Å². The summed E-state index contributed by atoms with van der Waals surface area (Å²) < 4.78 is 18.5. The van der Waals surface area contributed by atoms with E-state index in [-0.39, 0.29) is 50.4 Å². The molecule has 5 rings (SSSR count). The van der Waals surface area contributed by atoms with Crippen LogP contribution in [0.15, 0.2) is 73.8 Å². The Morgan fingerprint density at radius 1 is 1.14 bits per heavy atom. The minimum atomic E-state index is -1.24. The van der Waals surface area contributed by atoms with Crippen LogP contribution in [-0.4, -0.2) is 90.9 Å². The Kier molecular flexibility index (Phi) is 12.5. The lowest BCUT2D eigenvalue weighted by Crippen LogP contribution is -2.56. The zero-order valence-corrected chi connectivity index (χ0v) is 29.9. The largest absolute Gasteiger partial charge is 0.455 e. The van der Waals surface area contributed by atoms with E-state index >= 15 is 0 Å². The predicted octanol–water partition coefficient (Wildman–Crippen LogP) is 4.35. The van der Waals surface area contributed by atoms with E-state index in [1.807, 2.05) is 62.4 Å². The molecule has 2 aromatic carbocycles. The fourth-order valence-corrected chi connectivity index (χ4v) is 8.05. The van der Waals surface area contributed by atoms with Crippen LogP contribution >= 0.6 is 0 Å². The summed E-state index contributed by atoms with van der Waals surface area (Å²) in [7, 11) is 1.51. The van der Waals surface area contributed by atoms with Gasteiger partial charge in [-0.3, -0.25) is 19.2 Å². The van der Waals surface area contributed by atoms with Gasteiger partial charge in [0, 0.05) is 38.9 Å². The Morgan fingerprint density at radius 3 is 2.59 bits per heavy atom. The maximum Gasteiger partial charge on any atom is 0.313 e. The van der Waals surface area contributed by atoms with Crippen molar-refractivity contribution in [3.05, 3.63) is 90.5 Å². The minimum Gasteiger partial charge on any atom is -0.455 e. The molecule has 3 fully saturated rings. The van der Waals surface area contributed by atoms with Gasteiger partial charge in [0.1, 0.15) is 17.7 Å². The average molecular weight is 702 g/mol. The van der Waals surface area contributed by atoms with Crippen molar-refractivity contribution in [2.75, 3.05) is 38.3 Å². The molecule has 2 bridgehead atoms. The van der Waals surface area contributed by atoms with Crippen LogP contribution in [0.3, 0.4) is 0 Å². The van der Waals surface area contributed by atoms with Gasteiger partial charge in [-0.15, -0.1) is 13.2 Å². The maximum absolute atomic E-state index is 14.9. The first-order valence-corrected chi connectivity index (χ1v) is 17.8. The van der Waals surface area contributed by atoms with E-state index < -0.39 is 47.7 Å². The third-order valence-electron chi connectivity index (χ3n) is 10.4. The quantitative estimate of drug-likeness (QED) is 0.133. The van der Waals surface area contributed by atoms with Crippen molar-refractivity contribution in [1.29, 1.82) is 0 Å². The molecule has 11 nitrogen and oxygen atoms in total. The first-order chi connectivity index (χ1) is 24.6. The summed E-state index contributed by atoms with van der Waals surface area (Å²) in [5.41, 5.74) is 2.00. The van der Waals surface area contributed by atoms with Gasteiger partial charge in [0.25, 0.3) is 5.91 Å². The van der Waals surface area contributed by atoms with Gasteiger partial charge in [-0.05, 0) is 68.7 Å². The number of benzene rings is 2. The number of unbranched alkanes of at least 4 members (excludes halogenated alkanes) is 1. The van der Waals surface area contributed by atoms with Gasteiger partial charge >= 0.3 is 5.97 Å². The average Bonchev–Trinajstić information content (AvgIpc) is 3.77. The number of methoxy groups -OCH3 is 1. The molecule has 0 radical (unpaired) electrons. The monoisotopic (exact) mass is 701 g/mol. The number of hydrogen-bond donors (Lipinski definition) is 2. The second-order valence-electron chi connectivity index (χ2n) is 13.8. The summed E-state index contributed by atoms with van der Waals surface area (Å²) in [5.74, 6) is -3.43. The Bertz CT molecular complexity index is 1600. The molecule has 7 atom stereocenters. The molecule has 0 saturated carbocycles. The van der Waals surface area contributed by atoms with E-state index in [0.29, 0.717) is 37.7 Å². The van der Waals surface area contributed by atoms with Gasteiger partial charge in [0.2, 0.25) is 11.8 Å². The molecule has 3 saturated heterocycles. The van der Waals surface area contributed by atoms with Crippen LogP contribution in [0.4, 0.5) is 5.69 Å². The van der Waals surface area contributed by atoms with Gasteiger partial charge < -0.3 is 34.4 Å². The van der Waals surface area contributed by atoms with Gasteiger partial charge in [-0.2, -0.15) is 0 Å². The number of amides is 3. The van der Waals surface area contributed by atoms with Crippen LogP contribution < -0.4 is 10.2 Å². The van der Waals surface area contributed by atoms with Crippen molar-refractivity contribution in [3.8, 4) is 0 Å². The lowest BCUT2D eigenvalue weighted by molar-refractivity contribution is -0.163. The molecule has 274 valence electrons. The number of allylic oxidation sites excluding steroid dienone is 1. The molecule has 1 spiro atoms. The third kappa shape index (κ3) is 7.66. The normalized spacial score (nSPS) is 24.5. The lowest BCUT2D eigenvalue weighted by Gasteiger charge is -2.37. The number of nitrogens with zero attached hydrogens (tertiary/aromatic N) is 2. The number of aliphatic hydroxyl groups excluding tert-OH is 1. The first kappa shape index (κ1) is 37.9. The summed E-state index contributed by atoms with van der Waals surface area (Å²) in [6, 6.07) is 13.3. The Morgan fingerprint density at radius 2 is 1.90 bits per heavy atom. The van der Waals surface area contributed by atoms with Crippen molar-refractivity contribution in [2.24, 2.45) is 11.8 Å². The van der Waals surface area contributed by atoms with E-state index in [1.165, 1.54) is 7.11 Å². The van der Waals surface area contributed by atoms with Crippen LogP contribution in [-0.2, 0) is 33.4 Å². The van der Waals surface area contributed by atoms with Crippen LogP contribution in [0.2, 0.25) is 0 Å². The standard InChI is InChI=1S/C40H51N3O8/c1-6-8-16-32(45)41-29(25-49-5)35(28-14-10-9-11-15-28)50-39(48)33-31-19-20-40(51-31)34(33)37(46)43(22-12-13-23-44)36(40)38(47)42(21-7-2)30-24-26(3)17-18-27(30)4/h6-7,9-11,14-15,17-18,24,29,31,33-36,44H,1-2,8,12-13,16,19-23,25H2,3-5H3,(H,41,45)/t29-,31-,33+,34+,35-,36-,40+/m0/s1. The number of rotatable bonds is 18. The third-order valence-corrected chi connectivity index (χ3v) is 10.4. The fourth-order valence-electron chi connectivity index (χ4n) is 8.05. The molecule has 0 unspecified atom stereocenters. The highest BCUT2D eigenvalue weighted by Gasteiger charge is 2.75. The topological polar surface area (TPSA) is 135 Å². The second-order valence-corrected chi connectivity index (χ2v) is 13.8. The van der Waals surface area contributed by atoms with Crippen LogP contribution in [0.1, 0.15) is 61.3 Å². The molecule has 2 N–H and O–H groups in total. The van der Waals surface area contributed by atoms with Crippen molar-refractivity contribution in [2.45, 2.75) is 82.3 Å². The smallest absolute Gasteiger partial charge is 0.313 e. The first-order valence-electron chi connectivity index (χ1n) is 17.8. The van der Waals surface area contributed by atoms with Gasteiger partial charge in [0.05, 0.1) is 30.6 Å². The lowest BCUT2D eigenvalue weighted by atomic mass is 9.70. The zero-order valence-electron chi connectivity index (χ0n) is 29.9. The van der Waals surface area contributed by atoms with E-state index in [2.05, 4.69) is 18.5 Å². The van der Waals surface area contributed by atoms with E-state index in [1.54, 1.807) is 22.0 Å². The molecular formula is C40H51N3O8. The Hall–Kier alpha value is -4.32. The fraction of sp³-hybridized carbons (Fsp3) is 0.500. The number of anilines is 1. The molecule has 3 aliphatic heterocycles. The summed E-state index contributed by atoms with van der Waals surface area (Å²) in [4.78, 5) is 60.0. The number of carbonyl (C=O) groups excluding carboxylic acids is 4. The molecule has 2 aromatic rings. The van der Waals surface area contributed by atoms with E-state index in [9.17, 15) is 24.3 Å². The minimum absolute atomic E-state index is 0.0541. The molecule has 11 heteroatoms. The van der Waals surface area contributed by atoms with E-state index in [0.717, 1.165) is 16.8 Å². The molecule has 51 heavy (non-hydrogen) atoms. The number of nitrogens with one attached hydrogen (secondary N) is 1. The van der Waals surface area contributed by atoms with Crippen molar-refractivity contribution < 1.29 is 38.5 Å². The molecule has 3 aliphatic rings. The van der Waals surface area contributed by atoms with E-state index in [4.69, 9.17) is 14.2 Å². The second kappa shape index (κ2) is 16.8. The number of fused-ring (bicyclic) bond motifs is 1. The summed E-state index contributed by atoms with van der Waals surface area (Å²) in [5, 5.41) is 12.5. The number of hydrogen-bond acceptors (Lipinski definition) is 8. The van der Waals surface area contributed by atoms with Gasteiger partial charge in [0.15, 0.2) is 0 Å². The Balaban J connectivity index is 1.50. The summed E-state index contributed by atoms with van der Waals surface area (Å²) in [6.45, 7) is 11.9.